The third kappa shape index (κ3) is 4.01. The molecule has 1 aromatic heterocycles. The smallest absolute Gasteiger partial charge is 0.239 e. The Morgan fingerprint density at radius 2 is 1.70 bits per heavy atom. The number of carbonyl (C=O) groups excluding carboxylic acids is 1. The molecule has 27 heavy (non-hydrogen) atoms. The first-order valence-corrected chi connectivity index (χ1v) is 9.67. The molecule has 0 radical (unpaired) electrons. The summed E-state index contributed by atoms with van der Waals surface area (Å²) in [7, 11) is 0. The van der Waals surface area contributed by atoms with E-state index in [0.717, 1.165) is 37.1 Å². The van der Waals surface area contributed by atoms with E-state index < -0.39 is 12.3 Å². The van der Waals surface area contributed by atoms with Crippen LogP contribution in [0.25, 0.3) is 11.1 Å². The van der Waals surface area contributed by atoms with Gasteiger partial charge in [0.2, 0.25) is 5.91 Å². The molecule has 1 spiro atoms. The largest absolute Gasteiger partial charge is 0.371 e. The molecule has 1 aliphatic carbocycles. The molecule has 2 fully saturated rings. The van der Waals surface area contributed by atoms with E-state index in [9.17, 15) is 9.90 Å². The Hall–Kier alpha value is -2.31. The van der Waals surface area contributed by atoms with Gasteiger partial charge in [-0.1, -0.05) is 30.3 Å². The van der Waals surface area contributed by atoms with Crippen molar-refractivity contribution in [2.24, 2.45) is 5.41 Å². The van der Waals surface area contributed by atoms with E-state index in [4.69, 9.17) is 0 Å². The van der Waals surface area contributed by atoms with Crippen LogP contribution in [-0.2, 0) is 4.79 Å². The highest BCUT2D eigenvalue weighted by Gasteiger charge is 2.45. The summed E-state index contributed by atoms with van der Waals surface area (Å²) in [5.74, 6) is 0.301. The van der Waals surface area contributed by atoms with Gasteiger partial charge < -0.3 is 10.0 Å². The molecule has 0 bridgehead atoms. The van der Waals surface area contributed by atoms with Crippen LogP contribution in [-0.4, -0.2) is 45.0 Å². The summed E-state index contributed by atoms with van der Waals surface area (Å²) in [6.07, 6.45) is 7.16. The predicted molar refractivity (Wildman–Crippen MR) is 103 cm³/mol. The van der Waals surface area contributed by atoms with Crippen molar-refractivity contribution in [1.29, 1.82) is 0 Å². The summed E-state index contributed by atoms with van der Waals surface area (Å²) in [5.41, 5.74) is 2.45. The SMILES string of the molecule is C[C@@H](NC(O)c1ncc(-c2ccccc2)cn1)C(=O)N1CCC2(CC1)CC2. The Kier molecular flexibility index (Phi) is 4.93. The standard InChI is InChI=1S/C21H26N4O2/c1-15(20(27)25-11-9-21(7-8-21)10-12-25)24-19(26)18-22-13-17(14-23-18)16-5-3-2-4-6-16/h2-6,13-15,19,24,26H,7-12H2,1H3/t15-,19?/m1/s1. The maximum Gasteiger partial charge on any atom is 0.239 e. The maximum absolute atomic E-state index is 12.6. The zero-order valence-electron chi connectivity index (χ0n) is 15.6. The van der Waals surface area contributed by atoms with Gasteiger partial charge in [0.1, 0.15) is 0 Å². The number of carbonyl (C=O) groups is 1. The average molecular weight is 366 g/mol. The molecular formula is C21H26N4O2. The molecular weight excluding hydrogens is 340 g/mol. The van der Waals surface area contributed by atoms with Crippen LogP contribution in [0.1, 0.15) is 44.7 Å². The van der Waals surface area contributed by atoms with E-state index in [1.54, 1.807) is 19.3 Å². The fraction of sp³-hybridized carbons (Fsp3) is 0.476. The summed E-state index contributed by atoms with van der Waals surface area (Å²) >= 11 is 0. The molecule has 142 valence electrons. The monoisotopic (exact) mass is 366 g/mol. The Labute approximate surface area is 159 Å². The van der Waals surface area contributed by atoms with Gasteiger partial charge >= 0.3 is 0 Å². The number of hydrogen-bond donors (Lipinski definition) is 2. The molecule has 6 nitrogen and oxygen atoms in total. The number of nitrogens with one attached hydrogen (secondary N) is 1. The number of nitrogens with zero attached hydrogens (tertiary/aromatic N) is 3. The number of hydrogen-bond acceptors (Lipinski definition) is 5. The van der Waals surface area contributed by atoms with Crippen molar-refractivity contribution in [3.8, 4) is 11.1 Å². The molecule has 2 N–H and O–H groups in total. The number of piperidine rings is 1. The van der Waals surface area contributed by atoms with Gasteiger partial charge in [-0.15, -0.1) is 0 Å². The number of aromatic nitrogens is 2. The second kappa shape index (κ2) is 7.37. The number of rotatable bonds is 5. The molecule has 2 aliphatic rings. The van der Waals surface area contributed by atoms with E-state index in [1.165, 1.54) is 12.8 Å². The Balaban J connectivity index is 1.34. The molecule has 1 unspecified atom stereocenters. The van der Waals surface area contributed by atoms with Crippen molar-refractivity contribution in [3.63, 3.8) is 0 Å². The van der Waals surface area contributed by atoms with Crippen LogP contribution >= 0.6 is 0 Å². The molecule has 2 heterocycles. The minimum absolute atomic E-state index is 0.0328. The number of aliphatic hydroxyl groups is 1. The van der Waals surface area contributed by atoms with Crippen LogP contribution in [0.5, 0.6) is 0 Å². The zero-order chi connectivity index (χ0) is 18.9. The summed E-state index contributed by atoms with van der Waals surface area (Å²) in [6.45, 7) is 3.43. The van der Waals surface area contributed by atoms with Gasteiger partial charge in [0, 0.05) is 31.0 Å². The molecule has 1 aliphatic heterocycles. The van der Waals surface area contributed by atoms with E-state index in [1.807, 2.05) is 35.2 Å². The first-order valence-electron chi connectivity index (χ1n) is 9.67. The van der Waals surface area contributed by atoms with Gasteiger partial charge in [-0.25, -0.2) is 9.97 Å². The minimum atomic E-state index is -1.08. The normalized spacial score (nSPS) is 20.3. The van der Waals surface area contributed by atoms with Crippen molar-refractivity contribution in [2.75, 3.05) is 13.1 Å². The molecule has 2 aromatic rings. The second-order valence-corrected chi connectivity index (χ2v) is 7.81. The second-order valence-electron chi connectivity index (χ2n) is 7.81. The first-order chi connectivity index (χ1) is 13.1. The van der Waals surface area contributed by atoms with Gasteiger partial charge in [-0.05, 0) is 43.6 Å². The van der Waals surface area contributed by atoms with Gasteiger partial charge in [0.05, 0.1) is 6.04 Å². The van der Waals surface area contributed by atoms with Crippen LogP contribution in [0.3, 0.4) is 0 Å². The molecule has 2 atom stereocenters. The van der Waals surface area contributed by atoms with Gasteiger partial charge in [-0.2, -0.15) is 0 Å². The van der Waals surface area contributed by atoms with Crippen molar-refractivity contribution >= 4 is 5.91 Å². The average Bonchev–Trinajstić information content (AvgIpc) is 3.47. The minimum Gasteiger partial charge on any atom is -0.371 e. The summed E-state index contributed by atoms with van der Waals surface area (Å²) < 4.78 is 0. The van der Waals surface area contributed by atoms with Crippen molar-refractivity contribution in [3.05, 3.63) is 48.5 Å². The fourth-order valence-electron chi connectivity index (χ4n) is 3.79. The highest BCUT2D eigenvalue weighted by atomic mass is 16.3. The van der Waals surface area contributed by atoms with E-state index in [2.05, 4.69) is 15.3 Å². The van der Waals surface area contributed by atoms with E-state index in [-0.39, 0.29) is 11.7 Å². The number of aliphatic hydroxyl groups excluding tert-OH is 1. The third-order valence-corrected chi connectivity index (χ3v) is 5.89. The van der Waals surface area contributed by atoms with Crippen molar-refractivity contribution in [1.82, 2.24) is 20.2 Å². The number of likely N-dealkylation sites (tertiary alicyclic amines) is 1. The maximum atomic E-state index is 12.6. The summed E-state index contributed by atoms with van der Waals surface area (Å²) in [5, 5.41) is 13.3. The topological polar surface area (TPSA) is 78.3 Å². The van der Waals surface area contributed by atoms with Crippen LogP contribution in [0.2, 0.25) is 0 Å². The summed E-state index contributed by atoms with van der Waals surface area (Å²) in [4.78, 5) is 23.1. The van der Waals surface area contributed by atoms with Crippen molar-refractivity contribution < 1.29 is 9.90 Å². The third-order valence-electron chi connectivity index (χ3n) is 5.89. The molecule has 1 saturated heterocycles. The van der Waals surface area contributed by atoms with Crippen LogP contribution in [0.4, 0.5) is 0 Å². The van der Waals surface area contributed by atoms with Crippen molar-refractivity contribution in [2.45, 2.75) is 44.9 Å². The van der Waals surface area contributed by atoms with Crippen LogP contribution in [0.15, 0.2) is 42.7 Å². The van der Waals surface area contributed by atoms with E-state index >= 15 is 0 Å². The predicted octanol–water partition coefficient (Wildman–Crippen LogP) is 2.52. The molecule has 1 aromatic carbocycles. The number of amides is 1. The van der Waals surface area contributed by atoms with Crippen LogP contribution < -0.4 is 5.32 Å². The van der Waals surface area contributed by atoms with E-state index in [0.29, 0.717) is 5.41 Å². The lowest BCUT2D eigenvalue weighted by molar-refractivity contribution is -0.135. The highest BCUT2D eigenvalue weighted by Crippen LogP contribution is 2.53. The highest BCUT2D eigenvalue weighted by molar-refractivity contribution is 5.81. The Morgan fingerprint density at radius 3 is 2.30 bits per heavy atom. The molecule has 1 saturated carbocycles. The lowest BCUT2D eigenvalue weighted by Crippen LogP contribution is -2.49. The zero-order valence-corrected chi connectivity index (χ0v) is 15.6. The quantitative estimate of drug-likeness (QED) is 0.795. The molecule has 6 heteroatoms. The summed E-state index contributed by atoms with van der Waals surface area (Å²) in [6, 6.07) is 9.36. The number of benzene rings is 1. The molecule has 4 rings (SSSR count). The lowest BCUT2D eigenvalue weighted by atomic mass is 9.93. The Morgan fingerprint density at radius 1 is 1.07 bits per heavy atom. The van der Waals surface area contributed by atoms with Gasteiger partial charge in [0.15, 0.2) is 12.1 Å². The van der Waals surface area contributed by atoms with Crippen LogP contribution in [0, 0.1) is 5.41 Å². The Bertz CT molecular complexity index is 780. The molecule has 1 amide bonds. The lowest BCUT2D eigenvalue weighted by Gasteiger charge is -2.34. The first kappa shape index (κ1) is 18.1. The van der Waals surface area contributed by atoms with Gasteiger partial charge in [0.25, 0.3) is 0 Å². The van der Waals surface area contributed by atoms with Gasteiger partial charge in [-0.3, -0.25) is 10.1 Å². The fourth-order valence-corrected chi connectivity index (χ4v) is 3.79.